The molecule has 2 aromatic rings. The van der Waals surface area contributed by atoms with Gasteiger partial charge in [-0.1, -0.05) is 0 Å². The number of aliphatic hydroxyl groups is 1. The van der Waals surface area contributed by atoms with Crippen LogP contribution in [0.5, 0.6) is 0 Å². The van der Waals surface area contributed by atoms with Crippen molar-refractivity contribution in [2.24, 2.45) is 0 Å². The minimum Gasteiger partial charge on any atom is -0.469 e. The molecular formula is C15H17NO3S. The molecular weight excluding hydrogens is 274 g/mol. The number of hydrogen-bond donors (Lipinski definition) is 2. The molecule has 0 unspecified atom stereocenters. The van der Waals surface area contributed by atoms with E-state index >= 15 is 0 Å². The third-order valence-corrected chi connectivity index (χ3v) is 3.45. The molecule has 0 spiro atoms. The van der Waals surface area contributed by atoms with E-state index in [2.05, 4.69) is 5.32 Å². The lowest BCUT2D eigenvalue weighted by molar-refractivity contribution is -0.117. The number of hydrogen-bond acceptors (Lipinski definition) is 4. The van der Waals surface area contributed by atoms with E-state index in [9.17, 15) is 9.90 Å². The van der Waals surface area contributed by atoms with E-state index in [4.69, 9.17) is 4.42 Å². The molecule has 0 saturated heterocycles. The molecule has 0 aromatic carbocycles. The fraction of sp³-hybridized carbons (Fsp3) is 0.267. The Balaban J connectivity index is 1.80. The van der Waals surface area contributed by atoms with Gasteiger partial charge in [0.05, 0.1) is 11.9 Å². The fourth-order valence-electron chi connectivity index (χ4n) is 1.73. The van der Waals surface area contributed by atoms with Crippen molar-refractivity contribution in [1.29, 1.82) is 0 Å². The molecule has 0 aliphatic rings. The zero-order chi connectivity index (χ0) is 14.4. The summed E-state index contributed by atoms with van der Waals surface area (Å²) in [6.45, 7) is 1.83. The lowest BCUT2D eigenvalue weighted by Gasteiger charge is -2.22. The van der Waals surface area contributed by atoms with Crippen LogP contribution in [0.25, 0.3) is 6.08 Å². The van der Waals surface area contributed by atoms with Crippen LogP contribution in [0.3, 0.4) is 0 Å². The normalized spacial score (nSPS) is 14.3. The van der Waals surface area contributed by atoms with E-state index in [0.29, 0.717) is 12.2 Å². The minimum atomic E-state index is -1.04. The molecule has 2 aromatic heterocycles. The van der Waals surface area contributed by atoms with Crippen LogP contribution in [-0.2, 0) is 11.2 Å². The summed E-state index contributed by atoms with van der Waals surface area (Å²) in [7, 11) is 0. The van der Waals surface area contributed by atoms with Gasteiger partial charge in [0.1, 0.15) is 5.76 Å². The molecule has 20 heavy (non-hydrogen) atoms. The first kappa shape index (κ1) is 14.6. The van der Waals surface area contributed by atoms with Crippen molar-refractivity contribution in [1.82, 2.24) is 5.32 Å². The number of carbonyl (C=O) groups is 1. The van der Waals surface area contributed by atoms with Crippen molar-refractivity contribution in [2.45, 2.75) is 18.9 Å². The van der Waals surface area contributed by atoms with Crippen LogP contribution in [-0.4, -0.2) is 23.2 Å². The van der Waals surface area contributed by atoms with Crippen LogP contribution in [0.15, 0.2) is 45.7 Å². The first-order valence-corrected chi connectivity index (χ1v) is 7.22. The topological polar surface area (TPSA) is 62.5 Å². The average molecular weight is 291 g/mol. The van der Waals surface area contributed by atoms with Gasteiger partial charge in [-0.05, 0) is 47.5 Å². The number of rotatable bonds is 6. The maximum absolute atomic E-state index is 11.7. The van der Waals surface area contributed by atoms with E-state index in [-0.39, 0.29) is 12.5 Å². The van der Waals surface area contributed by atoms with Crippen LogP contribution in [0, 0.1) is 0 Å². The van der Waals surface area contributed by atoms with Gasteiger partial charge in [0.2, 0.25) is 5.91 Å². The molecule has 0 fully saturated rings. The predicted molar refractivity (Wildman–Crippen MR) is 79.4 cm³/mol. The lowest BCUT2D eigenvalue weighted by atomic mass is 10.0. The molecule has 0 radical (unpaired) electrons. The number of thiophene rings is 1. The van der Waals surface area contributed by atoms with Gasteiger partial charge in [-0.15, -0.1) is 0 Å². The van der Waals surface area contributed by atoms with E-state index in [1.807, 2.05) is 16.8 Å². The molecule has 2 rings (SSSR count). The van der Waals surface area contributed by atoms with Gasteiger partial charge in [0.25, 0.3) is 0 Å². The van der Waals surface area contributed by atoms with Gasteiger partial charge >= 0.3 is 0 Å². The van der Waals surface area contributed by atoms with Gasteiger partial charge in [0, 0.05) is 19.0 Å². The molecule has 0 aliphatic heterocycles. The fourth-order valence-corrected chi connectivity index (χ4v) is 2.36. The Morgan fingerprint density at radius 2 is 2.40 bits per heavy atom. The van der Waals surface area contributed by atoms with Crippen molar-refractivity contribution in [2.75, 3.05) is 6.54 Å². The minimum absolute atomic E-state index is 0.167. The van der Waals surface area contributed by atoms with Crippen LogP contribution < -0.4 is 5.32 Å². The molecule has 1 amide bonds. The second kappa shape index (κ2) is 6.54. The summed E-state index contributed by atoms with van der Waals surface area (Å²) in [5.74, 6) is 0.467. The standard InChI is InChI=1S/C15H17NO3S/c1-15(18,9-13-3-2-7-19-13)11-16-14(17)5-4-12-6-8-20-10-12/h2-8,10,18H,9,11H2,1H3,(H,16,17)/b5-4+/t15-/m0/s1. The molecule has 0 aliphatic carbocycles. The maximum atomic E-state index is 11.7. The first-order valence-electron chi connectivity index (χ1n) is 6.28. The highest BCUT2D eigenvalue weighted by Crippen LogP contribution is 2.12. The largest absolute Gasteiger partial charge is 0.469 e. The zero-order valence-electron chi connectivity index (χ0n) is 11.2. The Morgan fingerprint density at radius 1 is 1.55 bits per heavy atom. The Morgan fingerprint density at radius 3 is 3.05 bits per heavy atom. The summed E-state index contributed by atoms with van der Waals surface area (Å²) >= 11 is 1.58. The highest BCUT2D eigenvalue weighted by Gasteiger charge is 2.22. The molecule has 2 heterocycles. The predicted octanol–water partition coefficient (Wildman–Crippen LogP) is 2.46. The van der Waals surface area contributed by atoms with Gasteiger partial charge in [0.15, 0.2) is 0 Å². The molecule has 1 atom stereocenters. The van der Waals surface area contributed by atoms with Crippen LogP contribution in [0.4, 0.5) is 0 Å². The smallest absolute Gasteiger partial charge is 0.244 e. The van der Waals surface area contributed by atoms with E-state index in [1.165, 1.54) is 6.08 Å². The monoisotopic (exact) mass is 291 g/mol. The van der Waals surface area contributed by atoms with E-state index in [1.54, 1.807) is 42.7 Å². The summed E-state index contributed by atoms with van der Waals surface area (Å²) < 4.78 is 5.19. The lowest BCUT2D eigenvalue weighted by Crippen LogP contribution is -2.41. The van der Waals surface area contributed by atoms with Crippen LogP contribution >= 0.6 is 11.3 Å². The Labute approximate surface area is 121 Å². The number of carbonyl (C=O) groups excluding carboxylic acids is 1. The second-order valence-electron chi connectivity index (χ2n) is 4.86. The average Bonchev–Trinajstić information content (AvgIpc) is 3.06. The Kier molecular flexibility index (Phi) is 4.76. The number of amides is 1. The molecule has 0 saturated carbocycles. The third kappa shape index (κ3) is 4.68. The van der Waals surface area contributed by atoms with Gasteiger partial charge in [-0.3, -0.25) is 4.79 Å². The number of nitrogens with one attached hydrogen (secondary N) is 1. The van der Waals surface area contributed by atoms with Crippen LogP contribution in [0.1, 0.15) is 18.2 Å². The molecule has 0 bridgehead atoms. The quantitative estimate of drug-likeness (QED) is 0.804. The van der Waals surface area contributed by atoms with Crippen LogP contribution in [0.2, 0.25) is 0 Å². The van der Waals surface area contributed by atoms with Crippen molar-refractivity contribution < 1.29 is 14.3 Å². The Hall–Kier alpha value is -1.85. The Bertz CT molecular complexity index is 556. The summed E-state index contributed by atoms with van der Waals surface area (Å²) in [5, 5.41) is 16.8. The second-order valence-corrected chi connectivity index (χ2v) is 5.64. The first-order chi connectivity index (χ1) is 9.55. The van der Waals surface area contributed by atoms with Gasteiger partial charge in [-0.2, -0.15) is 11.3 Å². The van der Waals surface area contributed by atoms with E-state index in [0.717, 1.165) is 5.56 Å². The summed E-state index contributed by atoms with van der Waals surface area (Å²) in [6.07, 6.45) is 5.13. The maximum Gasteiger partial charge on any atom is 0.244 e. The van der Waals surface area contributed by atoms with Crippen molar-refractivity contribution in [3.8, 4) is 0 Å². The number of furan rings is 1. The van der Waals surface area contributed by atoms with E-state index < -0.39 is 5.60 Å². The third-order valence-electron chi connectivity index (χ3n) is 2.75. The molecule has 2 N–H and O–H groups in total. The molecule has 106 valence electrons. The SMILES string of the molecule is C[C@@](O)(CNC(=O)/C=C/c1ccsc1)Cc1ccco1. The van der Waals surface area contributed by atoms with Crippen molar-refractivity contribution >= 4 is 23.3 Å². The summed E-state index contributed by atoms with van der Waals surface area (Å²) in [4.78, 5) is 11.7. The highest BCUT2D eigenvalue weighted by molar-refractivity contribution is 7.08. The van der Waals surface area contributed by atoms with Crippen molar-refractivity contribution in [3.05, 3.63) is 52.6 Å². The summed E-state index contributed by atoms with van der Waals surface area (Å²) in [6, 6.07) is 5.50. The zero-order valence-corrected chi connectivity index (χ0v) is 12.0. The highest BCUT2D eigenvalue weighted by atomic mass is 32.1. The molecule has 5 heteroatoms. The van der Waals surface area contributed by atoms with Gasteiger partial charge in [-0.25, -0.2) is 0 Å². The summed E-state index contributed by atoms with van der Waals surface area (Å²) in [5.41, 5.74) is -0.0449. The van der Waals surface area contributed by atoms with Gasteiger partial charge < -0.3 is 14.8 Å². The van der Waals surface area contributed by atoms with Crippen molar-refractivity contribution in [3.63, 3.8) is 0 Å². The molecule has 4 nitrogen and oxygen atoms in total.